The van der Waals surface area contributed by atoms with E-state index in [1.807, 2.05) is 60.7 Å². The highest BCUT2D eigenvalue weighted by atomic mass is 16.6. The summed E-state index contributed by atoms with van der Waals surface area (Å²) in [5, 5.41) is 24.6. The number of likely N-dealkylation sites (tertiary alicyclic amines) is 2. The second kappa shape index (κ2) is 19.9. The molecule has 2 saturated heterocycles. The molecule has 4 amide bonds. The predicted octanol–water partition coefficient (Wildman–Crippen LogP) is 5.06. The van der Waals surface area contributed by atoms with E-state index < -0.39 is 35.6 Å². The van der Waals surface area contributed by atoms with Crippen LogP contribution in [0.1, 0.15) is 65.5 Å². The highest BCUT2D eigenvalue weighted by Gasteiger charge is 2.35. The molecule has 0 spiro atoms. The first-order chi connectivity index (χ1) is 24.6. The van der Waals surface area contributed by atoms with Gasteiger partial charge in [-0.1, -0.05) is 60.7 Å². The van der Waals surface area contributed by atoms with Gasteiger partial charge in [0.15, 0.2) is 0 Å². The van der Waals surface area contributed by atoms with E-state index >= 15 is 0 Å². The fourth-order valence-electron chi connectivity index (χ4n) is 5.64. The summed E-state index contributed by atoms with van der Waals surface area (Å²) in [6, 6.07) is 18.1. The lowest BCUT2D eigenvalue weighted by molar-refractivity contribution is 0.0333. The Balaban J connectivity index is 0.000000280. The molecular weight excluding hydrogens is 672 g/mol. The number of aliphatic hydroxyl groups excluding tert-OH is 2. The van der Waals surface area contributed by atoms with Crippen LogP contribution in [-0.2, 0) is 32.2 Å². The molecule has 2 fully saturated rings. The largest absolute Gasteiger partial charge is 0.445 e. The van der Waals surface area contributed by atoms with E-state index in [2.05, 4.69) is 10.6 Å². The second-order valence-corrected chi connectivity index (χ2v) is 14.9. The Kier molecular flexibility index (Phi) is 16.0. The molecule has 288 valence electrons. The van der Waals surface area contributed by atoms with E-state index in [0.29, 0.717) is 25.9 Å². The third-order valence-electron chi connectivity index (χ3n) is 8.31. The smallest absolute Gasteiger partial charge is 0.410 e. The Morgan fingerprint density at radius 3 is 1.29 bits per heavy atom. The predicted molar refractivity (Wildman–Crippen MR) is 193 cm³/mol. The molecule has 0 saturated carbocycles. The minimum atomic E-state index is -0.609. The molecule has 2 aromatic rings. The van der Waals surface area contributed by atoms with Crippen molar-refractivity contribution in [2.24, 2.45) is 11.8 Å². The standard InChI is InChI=1S/2C19H28N2O5/c2*1-19(2,3)26-17(23)20-16-11-21(10-9-15(16)12-22)18(24)25-13-14-7-5-4-6-8-14/h2*4-8,15-16,22H,9-13H2,1-3H3,(H,20,23)/t2*15-,16-/m10/s1. The molecule has 2 heterocycles. The average Bonchev–Trinajstić information content (AvgIpc) is 3.09. The number of rotatable bonds is 8. The number of nitrogens with one attached hydrogen (secondary N) is 2. The Bertz CT molecular complexity index is 1310. The quantitative estimate of drug-likeness (QED) is 0.269. The first-order valence-corrected chi connectivity index (χ1v) is 17.7. The van der Waals surface area contributed by atoms with Crippen molar-refractivity contribution in [2.75, 3.05) is 39.4 Å². The highest BCUT2D eigenvalue weighted by Crippen LogP contribution is 2.21. The Labute approximate surface area is 306 Å². The molecule has 4 atom stereocenters. The second-order valence-electron chi connectivity index (χ2n) is 14.9. The van der Waals surface area contributed by atoms with Crippen molar-refractivity contribution >= 4 is 24.4 Å². The number of piperidine rings is 2. The minimum absolute atomic E-state index is 0.0621. The number of carbonyl (C=O) groups is 4. The fourth-order valence-corrected chi connectivity index (χ4v) is 5.64. The van der Waals surface area contributed by atoms with Crippen LogP contribution in [0.15, 0.2) is 60.7 Å². The van der Waals surface area contributed by atoms with Gasteiger partial charge in [-0.25, -0.2) is 19.2 Å². The molecule has 0 bridgehead atoms. The van der Waals surface area contributed by atoms with E-state index in [9.17, 15) is 29.4 Å². The zero-order valence-corrected chi connectivity index (χ0v) is 31.2. The summed E-state index contributed by atoms with van der Waals surface area (Å²) in [7, 11) is 0. The molecule has 2 aliphatic rings. The minimum Gasteiger partial charge on any atom is -0.445 e. The summed E-state index contributed by atoms with van der Waals surface area (Å²) >= 11 is 0. The summed E-state index contributed by atoms with van der Waals surface area (Å²) < 4.78 is 21.2. The molecule has 4 rings (SSSR count). The van der Waals surface area contributed by atoms with Crippen LogP contribution in [0.2, 0.25) is 0 Å². The van der Waals surface area contributed by atoms with Gasteiger partial charge in [0.25, 0.3) is 0 Å². The van der Waals surface area contributed by atoms with E-state index in [4.69, 9.17) is 18.9 Å². The van der Waals surface area contributed by atoms with Crippen molar-refractivity contribution in [3.63, 3.8) is 0 Å². The van der Waals surface area contributed by atoms with Gasteiger partial charge < -0.3 is 49.6 Å². The van der Waals surface area contributed by atoms with Gasteiger partial charge in [-0.2, -0.15) is 0 Å². The van der Waals surface area contributed by atoms with E-state index in [-0.39, 0.29) is 63.4 Å². The third kappa shape index (κ3) is 15.0. The molecule has 0 aromatic heterocycles. The lowest BCUT2D eigenvalue weighted by Crippen LogP contribution is -2.55. The van der Waals surface area contributed by atoms with Crippen LogP contribution in [0.5, 0.6) is 0 Å². The van der Waals surface area contributed by atoms with Gasteiger partial charge in [0.05, 0.1) is 12.1 Å². The summed E-state index contributed by atoms with van der Waals surface area (Å²) in [6.45, 7) is 12.5. The summed E-state index contributed by atoms with van der Waals surface area (Å²) in [4.78, 5) is 51.8. The van der Waals surface area contributed by atoms with Crippen LogP contribution in [0.25, 0.3) is 0 Å². The zero-order valence-electron chi connectivity index (χ0n) is 31.2. The maximum Gasteiger partial charge on any atom is 0.410 e. The molecular formula is C38H56N4O10. The number of hydrogen-bond donors (Lipinski definition) is 4. The lowest BCUT2D eigenvalue weighted by atomic mass is 9.92. The van der Waals surface area contributed by atoms with Gasteiger partial charge in [-0.3, -0.25) is 0 Å². The molecule has 0 aliphatic carbocycles. The van der Waals surface area contributed by atoms with Crippen molar-refractivity contribution in [1.82, 2.24) is 20.4 Å². The fraction of sp³-hybridized carbons (Fsp3) is 0.579. The van der Waals surface area contributed by atoms with Gasteiger partial charge in [-0.05, 0) is 65.5 Å². The molecule has 52 heavy (non-hydrogen) atoms. The molecule has 14 heteroatoms. The number of carbonyl (C=O) groups excluding carboxylic acids is 4. The number of aliphatic hydroxyl groups is 2. The van der Waals surface area contributed by atoms with Crippen LogP contribution in [-0.4, -0.2) is 107 Å². The number of benzene rings is 2. The SMILES string of the molecule is CC(C)(C)OC(=O)N[C@@H]1CN(C(=O)OCc2ccccc2)CC[C@@H]1CO.CC(C)(C)OC(=O)N[C@H]1CN(C(=O)OCc2ccccc2)CC[C@H]1CO. The Morgan fingerprint density at radius 2 is 0.981 bits per heavy atom. The van der Waals surface area contributed by atoms with Crippen LogP contribution in [0.3, 0.4) is 0 Å². The van der Waals surface area contributed by atoms with Crippen LogP contribution >= 0.6 is 0 Å². The van der Waals surface area contributed by atoms with Gasteiger partial charge in [0.1, 0.15) is 24.4 Å². The lowest BCUT2D eigenvalue weighted by Gasteiger charge is -2.37. The monoisotopic (exact) mass is 728 g/mol. The number of amides is 4. The zero-order chi connectivity index (χ0) is 38.3. The summed E-state index contributed by atoms with van der Waals surface area (Å²) in [5.41, 5.74) is 0.604. The Morgan fingerprint density at radius 1 is 0.635 bits per heavy atom. The number of hydrogen-bond acceptors (Lipinski definition) is 10. The molecule has 14 nitrogen and oxygen atoms in total. The summed E-state index contributed by atoms with van der Waals surface area (Å²) in [5.74, 6) is -0.249. The first-order valence-electron chi connectivity index (χ1n) is 17.7. The topological polar surface area (TPSA) is 176 Å². The van der Waals surface area contributed by atoms with Gasteiger partial charge in [0.2, 0.25) is 0 Å². The van der Waals surface area contributed by atoms with Crippen molar-refractivity contribution in [1.29, 1.82) is 0 Å². The van der Waals surface area contributed by atoms with Gasteiger partial charge in [0, 0.05) is 51.2 Å². The van der Waals surface area contributed by atoms with Crippen LogP contribution in [0.4, 0.5) is 19.2 Å². The summed E-state index contributed by atoms with van der Waals surface area (Å²) in [6.07, 6.45) is -0.808. The Hall–Kier alpha value is -4.56. The number of nitrogens with zero attached hydrogens (tertiary/aromatic N) is 2. The maximum atomic E-state index is 12.3. The highest BCUT2D eigenvalue weighted by molar-refractivity contribution is 5.70. The first kappa shape index (κ1) is 41.9. The van der Waals surface area contributed by atoms with Crippen LogP contribution in [0, 0.1) is 11.8 Å². The maximum absolute atomic E-state index is 12.3. The van der Waals surface area contributed by atoms with E-state index in [1.54, 1.807) is 51.3 Å². The molecule has 4 N–H and O–H groups in total. The number of alkyl carbamates (subject to hydrolysis) is 2. The van der Waals surface area contributed by atoms with Crippen molar-refractivity contribution in [2.45, 2.75) is 90.9 Å². The van der Waals surface area contributed by atoms with Crippen molar-refractivity contribution in [3.05, 3.63) is 71.8 Å². The number of ether oxygens (including phenoxy) is 4. The van der Waals surface area contributed by atoms with Crippen LogP contribution < -0.4 is 10.6 Å². The van der Waals surface area contributed by atoms with Crippen molar-refractivity contribution < 1.29 is 48.3 Å². The molecule has 0 unspecified atom stereocenters. The van der Waals surface area contributed by atoms with E-state index in [0.717, 1.165) is 11.1 Å². The molecule has 2 aromatic carbocycles. The average molecular weight is 729 g/mol. The molecule has 0 radical (unpaired) electrons. The molecule has 2 aliphatic heterocycles. The normalized spacial score (nSPS) is 20.4. The third-order valence-corrected chi connectivity index (χ3v) is 8.31. The van der Waals surface area contributed by atoms with Gasteiger partial charge in [-0.15, -0.1) is 0 Å². The van der Waals surface area contributed by atoms with Gasteiger partial charge >= 0.3 is 24.4 Å². The van der Waals surface area contributed by atoms with E-state index in [1.165, 1.54) is 0 Å². The van der Waals surface area contributed by atoms with Crippen molar-refractivity contribution in [3.8, 4) is 0 Å².